The third-order valence-electron chi connectivity index (χ3n) is 4.73. The number of carbonyl (C=O) groups excluding carboxylic acids is 1. The van der Waals surface area contributed by atoms with Gasteiger partial charge in [-0.3, -0.25) is 14.6 Å². The lowest BCUT2D eigenvalue weighted by atomic mass is 10.2. The minimum Gasteiger partial charge on any atom is -0.492 e. The molecular weight excluding hydrogens is 326 g/mol. The largest absolute Gasteiger partial charge is 0.492 e. The van der Waals surface area contributed by atoms with Crippen LogP contribution in [0.15, 0.2) is 24.3 Å². The summed E-state index contributed by atoms with van der Waals surface area (Å²) in [6.07, 6.45) is 2.28. The highest BCUT2D eigenvalue weighted by molar-refractivity contribution is 6.30. The third-order valence-corrected chi connectivity index (χ3v) is 4.97. The summed E-state index contributed by atoms with van der Waals surface area (Å²) in [7, 11) is 0. The number of piperazine rings is 1. The van der Waals surface area contributed by atoms with Gasteiger partial charge in [0.15, 0.2) is 0 Å². The lowest BCUT2D eigenvalue weighted by Crippen LogP contribution is -2.54. The Labute approximate surface area is 148 Å². The standard InChI is InChI=1S/C18H26ClN3O2/c1-14(18(23)20-16-5-6-16)22-9-7-21(8-10-22)11-12-24-17-4-2-3-15(19)13-17/h2-4,13-14,16H,5-12H2,1H3,(H,20,23). The van der Waals surface area contributed by atoms with E-state index in [0.717, 1.165) is 51.3 Å². The summed E-state index contributed by atoms with van der Waals surface area (Å²) >= 11 is 5.95. The first-order valence-electron chi connectivity index (χ1n) is 8.77. The van der Waals surface area contributed by atoms with Gasteiger partial charge in [-0.25, -0.2) is 0 Å². The molecule has 132 valence electrons. The Kier molecular flexibility index (Phi) is 5.98. The zero-order valence-electron chi connectivity index (χ0n) is 14.2. The smallest absolute Gasteiger partial charge is 0.237 e. The van der Waals surface area contributed by atoms with Crippen molar-refractivity contribution in [3.05, 3.63) is 29.3 Å². The Morgan fingerprint density at radius 1 is 1.33 bits per heavy atom. The molecular formula is C18H26ClN3O2. The maximum absolute atomic E-state index is 12.1. The van der Waals surface area contributed by atoms with Crippen molar-refractivity contribution in [2.24, 2.45) is 0 Å². The van der Waals surface area contributed by atoms with E-state index in [0.29, 0.717) is 17.7 Å². The molecule has 1 amide bonds. The highest BCUT2D eigenvalue weighted by Gasteiger charge is 2.29. The quantitative estimate of drug-likeness (QED) is 0.816. The minimum atomic E-state index is -0.0320. The van der Waals surface area contributed by atoms with E-state index in [9.17, 15) is 4.79 Å². The Bertz CT molecular complexity index is 557. The van der Waals surface area contributed by atoms with Crippen molar-refractivity contribution in [3.8, 4) is 5.75 Å². The molecule has 1 N–H and O–H groups in total. The molecule has 0 bridgehead atoms. The molecule has 1 aromatic rings. The van der Waals surface area contributed by atoms with Crippen LogP contribution in [0.4, 0.5) is 0 Å². The predicted molar refractivity (Wildman–Crippen MR) is 95.6 cm³/mol. The zero-order valence-corrected chi connectivity index (χ0v) is 15.0. The van der Waals surface area contributed by atoms with Gasteiger partial charge in [-0.05, 0) is 38.0 Å². The van der Waals surface area contributed by atoms with Crippen LogP contribution in [0, 0.1) is 0 Å². The molecule has 2 aliphatic rings. The lowest BCUT2D eigenvalue weighted by molar-refractivity contribution is -0.126. The van der Waals surface area contributed by atoms with Crippen molar-refractivity contribution in [1.29, 1.82) is 0 Å². The van der Waals surface area contributed by atoms with Gasteiger partial charge in [-0.2, -0.15) is 0 Å². The van der Waals surface area contributed by atoms with E-state index < -0.39 is 0 Å². The summed E-state index contributed by atoms with van der Waals surface area (Å²) in [4.78, 5) is 16.8. The topological polar surface area (TPSA) is 44.8 Å². The van der Waals surface area contributed by atoms with Crippen LogP contribution < -0.4 is 10.1 Å². The lowest BCUT2D eigenvalue weighted by Gasteiger charge is -2.37. The fourth-order valence-electron chi connectivity index (χ4n) is 2.94. The Balaban J connectivity index is 1.35. The van der Waals surface area contributed by atoms with Gasteiger partial charge < -0.3 is 10.1 Å². The van der Waals surface area contributed by atoms with Crippen LogP contribution in [0.1, 0.15) is 19.8 Å². The molecule has 1 saturated carbocycles. The first kappa shape index (κ1) is 17.5. The molecule has 24 heavy (non-hydrogen) atoms. The van der Waals surface area contributed by atoms with Crippen LogP contribution in [0.5, 0.6) is 5.75 Å². The average Bonchev–Trinajstić information content (AvgIpc) is 3.39. The number of ether oxygens (including phenoxy) is 1. The summed E-state index contributed by atoms with van der Waals surface area (Å²) < 4.78 is 5.75. The van der Waals surface area contributed by atoms with Gasteiger partial charge in [0, 0.05) is 43.8 Å². The molecule has 6 heteroatoms. The van der Waals surface area contributed by atoms with Gasteiger partial charge in [-0.1, -0.05) is 17.7 Å². The number of nitrogens with zero attached hydrogens (tertiary/aromatic N) is 2. The third kappa shape index (κ3) is 5.10. The second-order valence-electron chi connectivity index (χ2n) is 6.64. The van der Waals surface area contributed by atoms with Gasteiger partial charge in [0.05, 0.1) is 6.04 Å². The van der Waals surface area contributed by atoms with Crippen LogP contribution in [0.2, 0.25) is 5.02 Å². The molecule has 3 rings (SSSR count). The van der Waals surface area contributed by atoms with Gasteiger partial charge in [0.2, 0.25) is 5.91 Å². The molecule has 0 spiro atoms. The van der Waals surface area contributed by atoms with Crippen molar-refractivity contribution in [3.63, 3.8) is 0 Å². The Morgan fingerprint density at radius 2 is 2.08 bits per heavy atom. The molecule has 1 aromatic carbocycles. The van der Waals surface area contributed by atoms with Crippen molar-refractivity contribution in [1.82, 2.24) is 15.1 Å². The molecule has 1 unspecified atom stereocenters. The molecule has 1 aliphatic carbocycles. The number of halogens is 1. The number of benzene rings is 1. The fraction of sp³-hybridized carbons (Fsp3) is 0.611. The normalized spacial score (nSPS) is 20.6. The molecule has 0 aromatic heterocycles. The second-order valence-corrected chi connectivity index (χ2v) is 7.08. The van der Waals surface area contributed by atoms with Crippen LogP contribution in [0.3, 0.4) is 0 Å². The zero-order chi connectivity index (χ0) is 16.9. The van der Waals surface area contributed by atoms with Gasteiger partial charge in [-0.15, -0.1) is 0 Å². The van der Waals surface area contributed by atoms with Crippen molar-refractivity contribution in [2.75, 3.05) is 39.3 Å². The summed E-state index contributed by atoms with van der Waals surface area (Å²) in [6, 6.07) is 7.89. The number of nitrogens with one attached hydrogen (secondary N) is 1. The van der Waals surface area contributed by atoms with Gasteiger partial charge in [0.1, 0.15) is 12.4 Å². The van der Waals surface area contributed by atoms with Crippen LogP contribution in [0.25, 0.3) is 0 Å². The van der Waals surface area contributed by atoms with E-state index in [4.69, 9.17) is 16.3 Å². The molecule has 5 nitrogen and oxygen atoms in total. The monoisotopic (exact) mass is 351 g/mol. The highest BCUT2D eigenvalue weighted by atomic mass is 35.5. The Morgan fingerprint density at radius 3 is 2.75 bits per heavy atom. The van der Waals surface area contributed by atoms with Crippen molar-refractivity contribution < 1.29 is 9.53 Å². The predicted octanol–water partition coefficient (Wildman–Crippen LogP) is 2.00. The Hall–Kier alpha value is -1.30. The summed E-state index contributed by atoms with van der Waals surface area (Å²) in [5, 5.41) is 3.79. The molecule has 1 atom stereocenters. The summed E-state index contributed by atoms with van der Waals surface area (Å²) in [6.45, 7) is 7.35. The highest BCUT2D eigenvalue weighted by Crippen LogP contribution is 2.19. The maximum atomic E-state index is 12.1. The fourth-order valence-corrected chi connectivity index (χ4v) is 3.12. The van der Waals surface area contributed by atoms with Crippen molar-refractivity contribution in [2.45, 2.75) is 31.8 Å². The van der Waals surface area contributed by atoms with Crippen LogP contribution in [-0.2, 0) is 4.79 Å². The number of carbonyl (C=O) groups is 1. The van der Waals surface area contributed by atoms with E-state index in [1.807, 2.05) is 31.2 Å². The van der Waals surface area contributed by atoms with E-state index in [-0.39, 0.29) is 11.9 Å². The minimum absolute atomic E-state index is 0.0320. The van der Waals surface area contributed by atoms with Crippen molar-refractivity contribution >= 4 is 17.5 Å². The number of hydrogen-bond acceptors (Lipinski definition) is 4. The van der Waals surface area contributed by atoms with Crippen LogP contribution >= 0.6 is 11.6 Å². The number of rotatable bonds is 7. The number of amides is 1. The molecule has 2 fully saturated rings. The molecule has 1 saturated heterocycles. The number of hydrogen-bond donors (Lipinski definition) is 1. The molecule has 1 aliphatic heterocycles. The molecule has 0 radical (unpaired) electrons. The summed E-state index contributed by atoms with van der Waals surface area (Å²) in [5.41, 5.74) is 0. The van der Waals surface area contributed by atoms with Gasteiger partial charge >= 0.3 is 0 Å². The second kappa shape index (κ2) is 8.19. The van der Waals surface area contributed by atoms with Gasteiger partial charge in [0.25, 0.3) is 0 Å². The maximum Gasteiger partial charge on any atom is 0.237 e. The van der Waals surface area contributed by atoms with E-state index in [1.165, 1.54) is 0 Å². The summed E-state index contributed by atoms with van der Waals surface area (Å²) in [5.74, 6) is 0.988. The molecule has 1 heterocycles. The van der Waals surface area contributed by atoms with E-state index in [2.05, 4.69) is 15.1 Å². The van der Waals surface area contributed by atoms with E-state index in [1.54, 1.807) is 0 Å². The first-order valence-corrected chi connectivity index (χ1v) is 9.15. The first-order chi connectivity index (χ1) is 11.6. The SMILES string of the molecule is CC(C(=O)NC1CC1)N1CCN(CCOc2cccc(Cl)c2)CC1. The average molecular weight is 352 g/mol. The van der Waals surface area contributed by atoms with E-state index >= 15 is 0 Å². The van der Waals surface area contributed by atoms with Crippen LogP contribution in [-0.4, -0.2) is 67.1 Å².